The molecule has 1 aromatic heterocycles. The number of morpholine rings is 1. The van der Waals surface area contributed by atoms with Gasteiger partial charge in [0.15, 0.2) is 17.3 Å². The summed E-state index contributed by atoms with van der Waals surface area (Å²) in [6.07, 6.45) is 1.77. The van der Waals surface area contributed by atoms with Crippen LogP contribution < -0.4 is 14.8 Å². The zero-order valence-corrected chi connectivity index (χ0v) is 17.0. The highest BCUT2D eigenvalue weighted by molar-refractivity contribution is 5.75. The van der Waals surface area contributed by atoms with Crippen molar-refractivity contribution in [2.24, 2.45) is 0 Å². The molecular formula is C20H28N6O4. The number of ether oxygens (including phenoxy) is 3. The van der Waals surface area contributed by atoms with Gasteiger partial charge in [0.2, 0.25) is 5.91 Å². The molecule has 162 valence electrons. The highest BCUT2D eigenvalue weighted by Crippen LogP contribution is 2.31. The van der Waals surface area contributed by atoms with Gasteiger partial charge in [-0.15, -0.1) is 5.10 Å². The molecular weight excluding hydrogens is 388 g/mol. The van der Waals surface area contributed by atoms with Crippen molar-refractivity contribution in [1.29, 1.82) is 0 Å². The van der Waals surface area contributed by atoms with Gasteiger partial charge in [0.1, 0.15) is 12.7 Å². The minimum atomic E-state index is -0.0517. The molecule has 1 atom stereocenters. The first-order valence-electron chi connectivity index (χ1n) is 10.5. The SMILES string of the molecule is O=C(CCCn1nnnc1CN1CCOCC1)NCC[C@@H]1COc2ccccc2O1. The van der Waals surface area contributed by atoms with Crippen LogP contribution in [0.4, 0.5) is 0 Å². The fraction of sp³-hybridized carbons (Fsp3) is 0.600. The van der Waals surface area contributed by atoms with E-state index in [2.05, 4.69) is 25.7 Å². The number of benzene rings is 1. The smallest absolute Gasteiger partial charge is 0.220 e. The van der Waals surface area contributed by atoms with Crippen molar-refractivity contribution < 1.29 is 19.0 Å². The number of fused-ring (bicyclic) bond motifs is 1. The Hall–Kier alpha value is -2.72. The van der Waals surface area contributed by atoms with Crippen LogP contribution in [0.1, 0.15) is 25.1 Å². The molecule has 30 heavy (non-hydrogen) atoms. The van der Waals surface area contributed by atoms with E-state index < -0.39 is 0 Å². The second-order valence-corrected chi connectivity index (χ2v) is 7.45. The van der Waals surface area contributed by atoms with E-state index in [1.807, 2.05) is 24.3 Å². The Labute approximate surface area is 175 Å². The number of carbonyl (C=O) groups is 1. The lowest BCUT2D eigenvalue weighted by Gasteiger charge is -2.26. The lowest BCUT2D eigenvalue weighted by atomic mass is 10.2. The molecule has 1 N–H and O–H groups in total. The monoisotopic (exact) mass is 416 g/mol. The molecule has 0 radical (unpaired) electrons. The van der Waals surface area contributed by atoms with E-state index in [9.17, 15) is 4.79 Å². The molecule has 0 saturated carbocycles. The van der Waals surface area contributed by atoms with Gasteiger partial charge in [0.25, 0.3) is 0 Å². The van der Waals surface area contributed by atoms with Crippen LogP contribution in [-0.2, 0) is 22.6 Å². The fourth-order valence-electron chi connectivity index (χ4n) is 3.53. The lowest BCUT2D eigenvalue weighted by Crippen LogP contribution is -2.36. The summed E-state index contributed by atoms with van der Waals surface area (Å²) in [7, 11) is 0. The molecule has 1 saturated heterocycles. The van der Waals surface area contributed by atoms with Crippen LogP contribution in [0, 0.1) is 0 Å². The third-order valence-electron chi connectivity index (χ3n) is 5.20. The van der Waals surface area contributed by atoms with Crippen molar-refractivity contribution in [2.75, 3.05) is 39.5 Å². The largest absolute Gasteiger partial charge is 0.486 e. The maximum Gasteiger partial charge on any atom is 0.220 e. The van der Waals surface area contributed by atoms with Gasteiger partial charge in [-0.2, -0.15) is 0 Å². The highest BCUT2D eigenvalue weighted by Gasteiger charge is 2.20. The van der Waals surface area contributed by atoms with Crippen LogP contribution >= 0.6 is 0 Å². The second kappa shape index (κ2) is 10.4. The van der Waals surface area contributed by atoms with Gasteiger partial charge in [-0.1, -0.05) is 12.1 Å². The number of rotatable bonds is 9. The molecule has 2 aromatic rings. The number of amides is 1. The Morgan fingerprint density at radius 1 is 1.20 bits per heavy atom. The lowest BCUT2D eigenvalue weighted by molar-refractivity contribution is -0.121. The van der Waals surface area contributed by atoms with E-state index in [-0.39, 0.29) is 12.0 Å². The minimum Gasteiger partial charge on any atom is -0.486 e. The Kier molecular flexibility index (Phi) is 7.09. The fourth-order valence-corrected chi connectivity index (χ4v) is 3.53. The summed E-state index contributed by atoms with van der Waals surface area (Å²) in [5, 5.41) is 14.9. The summed E-state index contributed by atoms with van der Waals surface area (Å²) >= 11 is 0. The average Bonchev–Trinajstić information content (AvgIpc) is 3.21. The Morgan fingerprint density at radius 3 is 2.90 bits per heavy atom. The highest BCUT2D eigenvalue weighted by atomic mass is 16.6. The van der Waals surface area contributed by atoms with E-state index in [1.165, 1.54) is 0 Å². The normalized spacial score (nSPS) is 18.9. The summed E-state index contributed by atoms with van der Waals surface area (Å²) in [6.45, 7) is 5.64. The van der Waals surface area contributed by atoms with Crippen molar-refractivity contribution in [3.63, 3.8) is 0 Å². The van der Waals surface area contributed by atoms with Gasteiger partial charge in [0.05, 0.1) is 19.8 Å². The summed E-state index contributed by atoms with van der Waals surface area (Å²) < 4.78 is 18.8. The van der Waals surface area contributed by atoms with Crippen LogP contribution in [0.25, 0.3) is 0 Å². The second-order valence-electron chi connectivity index (χ2n) is 7.45. The number of aryl methyl sites for hydroxylation is 1. The van der Waals surface area contributed by atoms with Crippen LogP contribution in [0.5, 0.6) is 11.5 Å². The number of tetrazole rings is 1. The number of hydrogen-bond donors (Lipinski definition) is 1. The molecule has 10 nitrogen and oxygen atoms in total. The van der Waals surface area contributed by atoms with Crippen LogP contribution in [0.3, 0.4) is 0 Å². The zero-order valence-electron chi connectivity index (χ0n) is 17.0. The van der Waals surface area contributed by atoms with E-state index in [0.29, 0.717) is 45.5 Å². The maximum absolute atomic E-state index is 12.1. The predicted octanol–water partition coefficient (Wildman–Crippen LogP) is 0.632. The van der Waals surface area contributed by atoms with Crippen molar-refractivity contribution in [2.45, 2.75) is 38.5 Å². The number of nitrogens with one attached hydrogen (secondary N) is 1. The molecule has 4 rings (SSSR count). The van der Waals surface area contributed by atoms with E-state index >= 15 is 0 Å². The van der Waals surface area contributed by atoms with Crippen molar-refractivity contribution in [3.8, 4) is 11.5 Å². The average molecular weight is 416 g/mol. The Morgan fingerprint density at radius 2 is 2.03 bits per heavy atom. The molecule has 0 aliphatic carbocycles. The summed E-state index contributed by atoms with van der Waals surface area (Å²) in [5.74, 6) is 2.38. The van der Waals surface area contributed by atoms with Gasteiger partial charge in [-0.05, 0) is 29.0 Å². The minimum absolute atomic E-state index is 0.0231. The molecule has 1 amide bonds. The molecule has 0 spiro atoms. The Balaban J connectivity index is 1.12. The van der Waals surface area contributed by atoms with Crippen LogP contribution in [0.15, 0.2) is 24.3 Å². The number of carbonyl (C=O) groups excluding carboxylic acids is 1. The molecule has 1 fully saturated rings. The Bertz CT molecular complexity index is 823. The standard InChI is InChI=1S/C20H28N6O4/c27-20(21-8-7-16-15-29-17-4-1-2-5-18(17)30-16)6-3-9-26-19(22-23-24-26)14-25-10-12-28-13-11-25/h1-2,4-5,16H,3,6-15H2,(H,21,27)/t16-/m1/s1. The summed E-state index contributed by atoms with van der Waals surface area (Å²) in [6, 6.07) is 7.63. The van der Waals surface area contributed by atoms with Gasteiger partial charge in [-0.3, -0.25) is 9.69 Å². The van der Waals surface area contributed by atoms with Crippen molar-refractivity contribution in [3.05, 3.63) is 30.1 Å². The first-order chi connectivity index (χ1) is 14.8. The van der Waals surface area contributed by atoms with Gasteiger partial charge in [0, 0.05) is 39.0 Å². The molecule has 0 bridgehead atoms. The first-order valence-corrected chi connectivity index (χ1v) is 10.5. The number of para-hydroxylation sites is 2. The van der Waals surface area contributed by atoms with E-state index in [4.69, 9.17) is 14.2 Å². The topological polar surface area (TPSA) is 104 Å². The summed E-state index contributed by atoms with van der Waals surface area (Å²) in [5.41, 5.74) is 0. The van der Waals surface area contributed by atoms with E-state index in [0.717, 1.165) is 43.6 Å². The summed E-state index contributed by atoms with van der Waals surface area (Å²) in [4.78, 5) is 14.4. The van der Waals surface area contributed by atoms with Gasteiger partial charge >= 0.3 is 0 Å². The molecule has 0 unspecified atom stereocenters. The third kappa shape index (κ3) is 5.67. The first kappa shape index (κ1) is 20.5. The molecule has 2 aliphatic rings. The van der Waals surface area contributed by atoms with Gasteiger partial charge in [-0.25, -0.2) is 4.68 Å². The third-order valence-corrected chi connectivity index (χ3v) is 5.20. The van der Waals surface area contributed by atoms with Crippen molar-refractivity contribution in [1.82, 2.24) is 30.4 Å². The molecule has 2 aliphatic heterocycles. The molecule has 10 heteroatoms. The predicted molar refractivity (Wildman–Crippen MR) is 107 cm³/mol. The zero-order chi connectivity index (χ0) is 20.6. The number of aromatic nitrogens is 4. The molecule has 3 heterocycles. The number of hydrogen-bond acceptors (Lipinski definition) is 8. The van der Waals surface area contributed by atoms with E-state index in [1.54, 1.807) is 4.68 Å². The molecule has 1 aromatic carbocycles. The van der Waals surface area contributed by atoms with Crippen LogP contribution in [-0.4, -0.2) is 76.6 Å². The van der Waals surface area contributed by atoms with Crippen LogP contribution in [0.2, 0.25) is 0 Å². The maximum atomic E-state index is 12.1. The number of nitrogens with zero attached hydrogens (tertiary/aromatic N) is 5. The van der Waals surface area contributed by atoms with Gasteiger partial charge < -0.3 is 19.5 Å². The van der Waals surface area contributed by atoms with Crippen molar-refractivity contribution >= 4 is 5.91 Å². The quantitative estimate of drug-likeness (QED) is 0.635.